The van der Waals surface area contributed by atoms with Gasteiger partial charge in [-0.3, -0.25) is 0 Å². The standard InChI is InChI=1S/C5H6BrIN2/c1-3-5(6)4(2)9(7)8-3/h1-2H3. The van der Waals surface area contributed by atoms with Crippen molar-refractivity contribution in [3.8, 4) is 0 Å². The van der Waals surface area contributed by atoms with Crippen LogP contribution in [0.5, 0.6) is 0 Å². The van der Waals surface area contributed by atoms with Crippen LogP contribution in [0.2, 0.25) is 0 Å². The van der Waals surface area contributed by atoms with Crippen LogP contribution >= 0.6 is 38.8 Å². The Morgan fingerprint density at radius 3 is 2.22 bits per heavy atom. The Balaban J connectivity index is 3.29. The van der Waals surface area contributed by atoms with Crippen LogP contribution in [0.3, 0.4) is 0 Å². The highest BCUT2D eigenvalue weighted by atomic mass is 127. The summed E-state index contributed by atoms with van der Waals surface area (Å²) in [5, 5.41) is 4.17. The summed E-state index contributed by atoms with van der Waals surface area (Å²) in [6, 6.07) is 0. The molecule has 1 rings (SSSR count). The molecule has 1 heterocycles. The molecule has 0 aromatic carbocycles. The van der Waals surface area contributed by atoms with Crippen molar-refractivity contribution in [2.24, 2.45) is 0 Å². The van der Waals surface area contributed by atoms with Crippen molar-refractivity contribution in [1.29, 1.82) is 0 Å². The quantitative estimate of drug-likeness (QED) is 0.673. The lowest BCUT2D eigenvalue weighted by molar-refractivity contribution is 0.986. The molecule has 0 radical (unpaired) electrons. The fourth-order valence-corrected chi connectivity index (χ4v) is 1.74. The highest BCUT2D eigenvalue weighted by Gasteiger charge is 2.04. The van der Waals surface area contributed by atoms with Gasteiger partial charge in [0.05, 0.1) is 38.7 Å². The predicted molar refractivity (Wildman–Crippen MR) is 48.8 cm³/mol. The van der Waals surface area contributed by atoms with Gasteiger partial charge in [0.2, 0.25) is 0 Å². The summed E-state index contributed by atoms with van der Waals surface area (Å²) >= 11 is 5.56. The van der Waals surface area contributed by atoms with E-state index in [1.165, 1.54) is 0 Å². The second kappa shape index (κ2) is 2.57. The molecule has 1 aromatic heterocycles. The summed E-state index contributed by atoms with van der Waals surface area (Å²) in [7, 11) is 0. The number of rotatable bonds is 0. The first kappa shape index (κ1) is 7.53. The molecule has 0 fully saturated rings. The first-order valence-corrected chi connectivity index (χ1v) is 4.26. The molecular weight excluding hydrogens is 295 g/mol. The van der Waals surface area contributed by atoms with E-state index in [1.807, 2.05) is 16.7 Å². The lowest BCUT2D eigenvalue weighted by Gasteiger charge is -1.86. The number of hydrogen-bond donors (Lipinski definition) is 0. The van der Waals surface area contributed by atoms with Crippen LogP contribution in [0.25, 0.3) is 0 Å². The van der Waals surface area contributed by atoms with E-state index >= 15 is 0 Å². The molecule has 0 bridgehead atoms. The summed E-state index contributed by atoms with van der Waals surface area (Å²) in [4.78, 5) is 0. The van der Waals surface area contributed by atoms with Gasteiger partial charge >= 0.3 is 0 Å². The molecular formula is C5H6BrIN2. The summed E-state index contributed by atoms with van der Waals surface area (Å²) in [5.41, 5.74) is 2.20. The van der Waals surface area contributed by atoms with Crippen molar-refractivity contribution >= 4 is 38.8 Å². The average Bonchev–Trinajstić information content (AvgIpc) is 1.98. The monoisotopic (exact) mass is 300 g/mol. The minimum absolute atomic E-state index is 1.04. The van der Waals surface area contributed by atoms with Gasteiger partial charge in [0.15, 0.2) is 0 Å². The number of aromatic nitrogens is 2. The van der Waals surface area contributed by atoms with Gasteiger partial charge in [-0.1, -0.05) is 0 Å². The summed E-state index contributed by atoms with van der Waals surface area (Å²) in [6.07, 6.45) is 0. The third-order valence-electron chi connectivity index (χ3n) is 1.15. The molecule has 0 saturated carbocycles. The van der Waals surface area contributed by atoms with Crippen LogP contribution in [0.1, 0.15) is 11.4 Å². The molecule has 0 N–H and O–H groups in total. The number of halogens is 2. The van der Waals surface area contributed by atoms with Crippen LogP contribution in [0.4, 0.5) is 0 Å². The van der Waals surface area contributed by atoms with Gasteiger partial charge in [-0.05, 0) is 29.8 Å². The van der Waals surface area contributed by atoms with Gasteiger partial charge in [0.25, 0.3) is 0 Å². The normalized spacial score (nSPS) is 10.2. The van der Waals surface area contributed by atoms with Crippen LogP contribution in [-0.2, 0) is 0 Å². The number of aryl methyl sites for hydroxylation is 1. The molecule has 50 valence electrons. The fraction of sp³-hybridized carbons (Fsp3) is 0.400. The highest BCUT2D eigenvalue weighted by molar-refractivity contribution is 14.1. The Morgan fingerprint density at radius 2 is 2.11 bits per heavy atom. The predicted octanol–water partition coefficient (Wildman–Crippen LogP) is 2.46. The molecule has 1 aromatic rings. The summed E-state index contributed by atoms with van der Waals surface area (Å²) in [6.45, 7) is 4.00. The molecule has 0 saturated heterocycles. The Kier molecular flexibility index (Phi) is 2.15. The van der Waals surface area contributed by atoms with Gasteiger partial charge in [-0.25, -0.2) is 2.90 Å². The van der Waals surface area contributed by atoms with E-state index in [-0.39, 0.29) is 0 Å². The minimum atomic E-state index is 1.04. The Labute approximate surface area is 76.3 Å². The van der Waals surface area contributed by atoms with Crippen LogP contribution < -0.4 is 0 Å². The zero-order chi connectivity index (χ0) is 7.02. The minimum Gasteiger partial charge on any atom is -0.207 e. The molecule has 4 heteroatoms. The van der Waals surface area contributed by atoms with Crippen molar-refractivity contribution in [2.75, 3.05) is 0 Å². The summed E-state index contributed by atoms with van der Waals surface area (Å²) < 4.78 is 2.94. The molecule has 9 heavy (non-hydrogen) atoms. The SMILES string of the molecule is Cc1nn(I)c(C)c1Br. The van der Waals surface area contributed by atoms with Gasteiger partial charge in [-0.15, -0.1) is 0 Å². The first-order chi connectivity index (χ1) is 4.13. The maximum Gasteiger partial charge on any atom is 0.0847 e. The van der Waals surface area contributed by atoms with Crippen LogP contribution in [0.15, 0.2) is 4.47 Å². The van der Waals surface area contributed by atoms with Crippen molar-refractivity contribution in [3.63, 3.8) is 0 Å². The van der Waals surface area contributed by atoms with Gasteiger partial charge < -0.3 is 0 Å². The number of nitrogens with zero attached hydrogens (tertiary/aromatic N) is 2. The van der Waals surface area contributed by atoms with E-state index in [2.05, 4.69) is 43.9 Å². The lowest BCUT2D eigenvalue weighted by atomic mass is 10.4. The largest absolute Gasteiger partial charge is 0.207 e. The van der Waals surface area contributed by atoms with Gasteiger partial charge in [0, 0.05) is 0 Å². The molecule has 0 aliphatic heterocycles. The topological polar surface area (TPSA) is 17.8 Å². The molecule has 0 spiro atoms. The second-order valence-electron chi connectivity index (χ2n) is 1.84. The fourth-order valence-electron chi connectivity index (χ4n) is 0.593. The van der Waals surface area contributed by atoms with E-state index in [0.717, 1.165) is 15.9 Å². The van der Waals surface area contributed by atoms with E-state index in [1.54, 1.807) is 0 Å². The molecule has 0 atom stereocenters. The average molecular weight is 301 g/mol. The Hall–Kier alpha value is 0.420. The maximum absolute atomic E-state index is 4.17. The summed E-state index contributed by atoms with van der Waals surface area (Å²) in [5.74, 6) is 0. The second-order valence-corrected chi connectivity index (χ2v) is 3.55. The third kappa shape index (κ3) is 1.29. The van der Waals surface area contributed by atoms with Crippen LogP contribution in [-0.4, -0.2) is 7.99 Å². The van der Waals surface area contributed by atoms with E-state index in [4.69, 9.17) is 0 Å². The lowest BCUT2D eigenvalue weighted by Crippen LogP contribution is -1.82. The van der Waals surface area contributed by atoms with E-state index in [0.29, 0.717) is 0 Å². The van der Waals surface area contributed by atoms with Crippen LogP contribution in [0, 0.1) is 13.8 Å². The Morgan fingerprint density at radius 1 is 1.56 bits per heavy atom. The van der Waals surface area contributed by atoms with E-state index in [9.17, 15) is 0 Å². The van der Waals surface area contributed by atoms with Gasteiger partial charge in [0.1, 0.15) is 0 Å². The van der Waals surface area contributed by atoms with E-state index < -0.39 is 0 Å². The zero-order valence-electron chi connectivity index (χ0n) is 5.15. The molecule has 2 nitrogen and oxygen atoms in total. The zero-order valence-corrected chi connectivity index (χ0v) is 8.89. The van der Waals surface area contributed by atoms with Crippen molar-refractivity contribution < 1.29 is 0 Å². The number of hydrogen-bond acceptors (Lipinski definition) is 1. The molecule has 0 aliphatic carbocycles. The third-order valence-corrected chi connectivity index (χ3v) is 3.24. The highest BCUT2D eigenvalue weighted by Crippen LogP contribution is 2.20. The van der Waals surface area contributed by atoms with Crippen molar-refractivity contribution in [2.45, 2.75) is 13.8 Å². The Bertz CT molecular complexity index is 209. The van der Waals surface area contributed by atoms with Gasteiger partial charge in [-0.2, -0.15) is 5.10 Å². The van der Waals surface area contributed by atoms with Crippen molar-refractivity contribution in [1.82, 2.24) is 7.99 Å². The smallest absolute Gasteiger partial charge is 0.0847 e. The first-order valence-electron chi connectivity index (χ1n) is 2.51. The molecule has 0 unspecified atom stereocenters. The maximum atomic E-state index is 4.17. The molecule has 0 aliphatic rings. The molecule has 0 amide bonds. The van der Waals surface area contributed by atoms with Crippen molar-refractivity contribution in [3.05, 3.63) is 15.9 Å².